The highest BCUT2D eigenvalue weighted by Crippen LogP contribution is 2.26. The van der Waals surface area contributed by atoms with Crippen molar-refractivity contribution >= 4 is 44.1 Å². The molecule has 1 amide bonds. The number of imidazole rings is 2. The number of alkyl carbamates (subject to hydrolysis) is 1. The first-order valence-electron chi connectivity index (χ1n) is 15.9. The van der Waals surface area contributed by atoms with Crippen molar-refractivity contribution in [2.75, 3.05) is 0 Å². The van der Waals surface area contributed by atoms with Crippen molar-refractivity contribution in [2.45, 2.75) is 59.2 Å². The molecular formula is C37H42BrN7O2. The van der Waals surface area contributed by atoms with Crippen LogP contribution in [-0.4, -0.2) is 31.0 Å². The Bertz CT molecular complexity index is 1890. The third-order valence-electron chi connectivity index (χ3n) is 7.59. The second-order valence-electron chi connectivity index (χ2n) is 12.5. The van der Waals surface area contributed by atoms with Crippen molar-refractivity contribution in [1.82, 2.24) is 30.2 Å². The van der Waals surface area contributed by atoms with Crippen molar-refractivity contribution in [3.63, 3.8) is 0 Å². The van der Waals surface area contributed by atoms with Gasteiger partial charge in [-0.05, 0) is 83.8 Å². The zero-order valence-electron chi connectivity index (χ0n) is 27.2. The number of benzene rings is 3. The van der Waals surface area contributed by atoms with Gasteiger partial charge in [-0.2, -0.15) is 0 Å². The van der Waals surface area contributed by atoms with E-state index in [0.717, 1.165) is 67.7 Å². The van der Waals surface area contributed by atoms with E-state index in [1.165, 1.54) is 0 Å². The Morgan fingerprint density at radius 2 is 1.45 bits per heavy atom. The number of pyridine rings is 1. The van der Waals surface area contributed by atoms with E-state index in [2.05, 4.69) is 86.0 Å². The number of carbonyl (C=O) groups is 1. The van der Waals surface area contributed by atoms with Crippen LogP contribution in [0.2, 0.25) is 0 Å². The number of hydrogen-bond acceptors (Lipinski definition) is 6. The number of amides is 1. The number of rotatable bonds is 10. The Morgan fingerprint density at radius 1 is 0.809 bits per heavy atom. The molecule has 6 rings (SSSR count). The van der Waals surface area contributed by atoms with Crippen molar-refractivity contribution < 1.29 is 9.53 Å². The predicted octanol–water partition coefficient (Wildman–Crippen LogP) is 9.01. The number of H-pyrrole nitrogens is 2. The quantitative estimate of drug-likeness (QED) is 0.113. The van der Waals surface area contributed by atoms with Crippen LogP contribution in [0.4, 0.5) is 4.79 Å². The van der Waals surface area contributed by atoms with E-state index in [0.29, 0.717) is 11.8 Å². The summed E-state index contributed by atoms with van der Waals surface area (Å²) in [6, 6.07) is 25.5. The number of ether oxygens (including phenoxy) is 1. The van der Waals surface area contributed by atoms with Gasteiger partial charge in [0, 0.05) is 16.9 Å². The second-order valence-corrected chi connectivity index (χ2v) is 13.4. The lowest BCUT2D eigenvalue weighted by molar-refractivity contribution is 0.134. The van der Waals surface area contributed by atoms with Crippen molar-refractivity contribution in [3.8, 4) is 11.1 Å². The normalized spacial score (nSPS) is 12.6. The summed E-state index contributed by atoms with van der Waals surface area (Å²) in [5.41, 5.74) is 13.3. The van der Waals surface area contributed by atoms with Gasteiger partial charge in [0.05, 0.1) is 34.2 Å². The Balaban J connectivity index is 0.000000189. The first-order valence-corrected chi connectivity index (χ1v) is 16.7. The molecule has 0 fully saturated rings. The molecule has 3 aromatic carbocycles. The standard InChI is InChI=1S/C20H22BrN3O2.C17H20N4/c1-13(2)10-18(19-22-16-9-8-15(21)11-17(16)23-19)24-20(25)26-12-14-6-4-3-5-7-14;1-11(2)9-14(18)17-20-15-4-3-13(10-16(15)21-17)12-5-7-19-8-6-12/h3-9,11,13,18H,10,12H2,1-2H3,(H,22,23)(H,24,25);3-8,10-11,14H,9,18H2,1-2H3,(H,20,21)/t18-;14-/m11/s1. The molecule has 0 saturated carbocycles. The molecule has 0 spiro atoms. The molecule has 244 valence electrons. The van der Waals surface area contributed by atoms with Crippen LogP contribution in [0, 0.1) is 11.8 Å². The molecule has 5 N–H and O–H groups in total. The number of nitrogens with one attached hydrogen (secondary N) is 3. The second kappa shape index (κ2) is 15.8. The van der Waals surface area contributed by atoms with E-state index < -0.39 is 6.09 Å². The maximum absolute atomic E-state index is 12.3. The van der Waals surface area contributed by atoms with E-state index in [1.807, 2.05) is 66.7 Å². The largest absolute Gasteiger partial charge is 0.445 e. The first kappa shape index (κ1) is 33.8. The fourth-order valence-electron chi connectivity index (χ4n) is 5.33. The molecule has 3 heterocycles. The van der Waals surface area contributed by atoms with Gasteiger partial charge in [0.1, 0.15) is 18.3 Å². The summed E-state index contributed by atoms with van der Waals surface area (Å²) >= 11 is 3.46. The molecule has 6 aromatic rings. The lowest BCUT2D eigenvalue weighted by Crippen LogP contribution is -2.30. The van der Waals surface area contributed by atoms with Crippen molar-refractivity contribution in [3.05, 3.63) is 113 Å². The van der Waals surface area contributed by atoms with Gasteiger partial charge in [0.15, 0.2) is 0 Å². The molecule has 0 bridgehead atoms. The van der Waals surface area contributed by atoms with Crippen LogP contribution >= 0.6 is 15.9 Å². The van der Waals surface area contributed by atoms with E-state index in [4.69, 9.17) is 10.5 Å². The molecule has 0 aliphatic heterocycles. The van der Waals surface area contributed by atoms with Crippen LogP contribution in [0.3, 0.4) is 0 Å². The molecular weight excluding hydrogens is 654 g/mol. The third kappa shape index (κ3) is 9.49. The van der Waals surface area contributed by atoms with E-state index in [-0.39, 0.29) is 18.7 Å². The van der Waals surface area contributed by atoms with Crippen LogP contribution in [0.5, 0.6) is 0 Å². The Hall–Kier alpha value is -4.54. The highest BCUT2D eigenvalue weighted by atomic mass is 79.9. The SMILES string of the molecule is CC(C)C[C@@H](N)c1nc2ccc(-c3ccncc3)cc2[nH]1.CC(C)C[C@@H](NC(=O)OCc1ccccc1)c1nc2ccc(Br)cc2[nH]1. The third-order valence-corrected chi connectivity index (χ3v) is 8.09. The molecule has 0 radical (unpaired) electrons. The summed E-state index contributed by atoms with van der Waals surface area (Å²) < 4.78 is 6.34. The van der Waals surface area contributed by atoms with Crippen LogP contribution in [-0.2, 0) is 11.3 Å². The molecule has 3 aromatic heterocycles. The van der Waals surface area contributed by atoms with Gasteiger partial charge < -0.3 is 25.8 Å². The van der Waals surface area contributed by atoms with Gasteiger partial charge in [0.25, 0.3) is 0 Å². The van der Waals surface area contributed by atoms with Crippen molar-refractivity contribution in [1.29, 1.82) is 0 Å². The Morgan fingerprint density at radius 3 is 2.15 bits per heavy atom. The van der Waals surface area contributed by atoms with Crippen LogP contribution in [0.1, 0.15) is 69.8 Å². The maximum Gasteiger partial charge on any atom is 0.408 e. The summed E-state index contributed by atoms with van der Waals surface area (Å²) in [6.07, 6.45) is 4.85. The van der Waals surface area contributed by atoms with Gasteiger partial charge in [0.2, 0.25) is 0 Å². The summed E-state index contributed by atoms with van der Waals surface area (Å²) in [5.74, 6) is 2.56. The monoisotopic (exact) mass is 695 g/mol. The highest BCUT2D eigenvalue weighted by Gasteiger charge is 2.21. The molecule has 47 heavy (non-hydrogen) atoms. The minimum Gasteiger partial charge on any atom is -0.445 e. The summed E-state index contributed by atoms with van der Waals surface area (Å²) in [6.45, 7) is 8.81. The molecule has 9 nitrogen and oxygen atoms in total. The number of aromatic nitrogens is 5. The number of halogens is 1. The number of aromatic amines is 2. The van der Waals surface area contributed by atoms with Gasteiger partial charge in [-0.3, -0.25) is 4.98 Å². The first-order chi connectivity index (χ1) is 22.6. The smallest absolute Gasteiger partial charge is 0.408 e. The molecule has 0 aliphatic carbocycles. The summed E-state index contributed by atoms with van der Waals surface area (Å²) in [4.78, 5) is 32.2. The highest BCUT2D eigenvalue weighted by molar-refractivity contribution is 9.10. The number of fused-ring (bicyclic) bond motifs is 2. The number of carbonyl (C=O) groups excluding carboxylic acids is 1. The molecule has 0 aliphatic rings. The maximum atomic E-state index is 12.3. The molecule has 10 heteroatoms. The zero-order valence-corrected chi connectivity index (χ0v) is 28.8. The van der Waals surface area contributed by atoms with E-state index >= 15 is 0 Å². The average molecular weight is 697 g/mol. The molecule has 0 saturated heterocycles. The van der Waals surface area contributed by atoms with E-state index in [1.54, 1.807) is 12.4 Å². The van der Waals surface area contributed by atoms with Crippen molar-refractivity contribution in [2.24, 2.45) is 17.6 Å². The van der Waals surface area contributed by atoms with Gasteiger partial charge >= 0.3 is 6.09 Å². The van der Waals surface area contributed by atoms with Crippen LogP contribution in [0.25, 0.3) is 33.2 Å². The Labute approximate surface area is 283 Å². The zero-order chi connectivity index (χ0) is 33.3. The van der Waals surface area contributed by atoms with E-state index in [9.17, 15) is 4.79 Å². The predicted molar refractivity (Wildman–Crippen MR) is 191 cm³/mol. The number of hydrogen-bond donors (Lipinski definition) is 4. The lowest BCUT2D eigenvalue weighted by atomic mass is 10.0. The topological polar surface area (TPSA) is 135 Å². The van der Waals surface area contributed by atoms with Gasteiger partial charge in [-0.25, -0.2) is 14.8 Å². The summed E-state index contributed by atoms with van der Waals surface area (Å²) in [7, 11) is 0. The Kier molecular flexibility index (Phi) is 11.4. The lowest BCUT2D eigenvalue weighted by Gasteiger charge is -2.18. The van der Waals surface area contributed by atoms with Gasteiger partial charge in [-0.15, -0.1) is 0 Å². The number of nitrogens with zero attached hydrogens (tertiary/aromatic N) is 3. The molecule has 0 unspecified atom stereocenters. The number of nitrogens with two attached hydrogens (primary N) is 1. The minimum atomic E-state index is -0.443. The molecule has 2 atom stereocenters. The van der Waals surface area contributed by atoms with Gasteiger partial charge in [-0.1, -0.05) is 80.0 Å². The summed E-state index contributed by atoms with van der Waals surface area (Å²) in [5, 5.41) is 2.94. The van der Waals surface area contributed by atoms with Crippen LogP contribution < -0.4 is 11.1 Å². The van der Waals surface area contributed by atoms with Crippen LogP contribution in [0.15, 0.2) is 95.7 Å². The minimum absolute atomic E-state index is 0.0400. The average Bonchev–Trinajstić information content (AvgIpc) is 3.68. The fraction of sp³-hybridized carbons (Fsp3) is 0.297. The fourth-order valence-corrected chi connectivity index (χ4v) is 5.69.